The van der Waals surface area contributed by atoms with Gasteiger partial charge in [-0.15, -0.1) is 0 Å². The maximum atomic E-state index is 11.9. The molecule has 0 spiro atoms. The molecule has 0 atom stereocenters. The summed E-state index contributed by atoms with van der Waals surface area (Å²) >= 11 is 3.29. The van der Waals surface area contributed by atoms with E-state index in [0.29, 0.717) is 11.1 Å². The number of nitrogens with one attached hydrogen (secondary N) is 1. The molecule has 0 heterocycles. The predicted molar refractivity (Wildman–Crippen MR) is 89.2 cm³/mol. The maximum absolute atomic E-state index is 11.9. The van der Waals surface area contributed by atoms with E-state index >= 15 is 0 Å². The van der Waals surface area contributed by atoms with E-state index in [-0.39, 0.29) is 17.2 Å². The molecule has 0 aliphatic rings. The van der Waals surface area contributed by atoms with E-state index in [2.05, 4.69) is 26.5 Å². The van der Waals surface area contributed by atoms with E-state index in [0.717, 1.165) is 4.47 Å². The van der Waals surface area contributed by atoms with Gasteiger partial charge in [0, 0.05) is 10.0 Å². The van der Waals surface area contributed by atoms with Crippen molar-refractivity contribution in [1.29, 1.82) is 0 Å². The second-order valence-corrected chi connectivity index (χ2v) is 5.39. The number of hydrazone groups is 1. The van der Waals surface area contributed by atoms with Gasteiger partial charge in [0.1, 0.15) is 11.3 Å². The van der Waals surface area contributed by atoms with Crippen molar-refractivity contribution in [2.45, 2.75) is 0 Å². The van der Waals surface area contributed by atoms with Crippen molar-refractivity contribution in [2.24, 2.45) is 5.10 Å². The predicted octanol–water partition coefficient (Wildman–Crippen LogP) is 2.92. The summed E-state index contributed by atoms with van der Waals surface area (Å²) in [5, 5.41) is 12.9. The number of ether oxygens (including phenoxy) is 1. The van der Waals surface area contributed by atoms with Gasteiger partial charge in [-0.2, -0.15) is 5.10 Å². The van der Waals surface area contributed by atoms with Crippen LogP contribution < -0.4 is 10.2 Å². The zero-order chi connectivity index (χ0) is 16.8. The SMILES string of the molecule is COc1ccc(C=NNC(=O)c2ccc(Br)cc2)cc1C(=O)O. The number of carboxylic acid groups (broad SMARTS) is 1. The molecule has 23 heavy (non-hydrogen) atoms. The monoisotopic (exact) mass is 376 g/mol. The fourth-order valence-corrected chi connectivity index (χ4v) is 2.07. The van der Waals surface area contributed by atoms with E-state index in [4.69, 9.17) is 9.84 Å². The molecule has 2 aromatic rings. The van der Waals surface area contributed by atoms with Crippen molar-refractivity contribution in [3.05, 3.63) is 63.6 Å². The summed E-state index contributed by atoms with van der Waals surface area (Å²) in [5.74, 6) is -1.20. The molecule has 0 aliphatic heterocycles. The first-order valence-electron chi connectivity index (χ1n) is 6.51. The highest BCUT2D eigenvalue weighted by atomic mass is 79.9. The summed E-state index contributed by atoms with van der Waals surface area (Å²) in [6, 6.07) is 11.4. The molecule has 0 aliphatic carbocycles. The summed E-state index contributed by atoms with van der Waals surface area (Å²) in [6.45, 7) is 0. The lowest BCUT2D eigenvalue weighted by Crippen LogP contribution is -2.17. The molecule has 7 heteroatoms. The number of carboxylic acids is 1. The first-order valence-corrected chi connectivity index (χ1v) is 7.31. The zero-order valence-electron chi connectivity index (χ0n) is 12.1. The topological polar surface area (TPSA) is 88.0 Å². The lowest BCUT2D eigenvalue weighted by atomic mass is 10.1. The van der Waals surface area contributed by atoms with E-state index in [9.17, 15) is 9.59 Å². The van der Waals surface area contributed by atoms with Crippen LogP contribution in [0.3, 0.4) is 0 Å². The van der Waals surface area contributed by atoms with Crippen molar-refractivity contribution >= 4 is 34.0 Å². The highest BCUT2D eigenvalue weighted by molar-refractivity contribution is 9.10. The van der Waals surface area contributed by atoms with Crippen molar-refractivity contribution in [2.75, 3.05) is 7.11 Å². The average molecular weight is 377 g/mol. The van der Waals surface area contributed by atoms with Crippen molar-refractivity contribution in [3.63, 3.8) is 0 Å². The van der Waals surface area contributed by atoms with Gasteiger partial charge >= 0.3 is 5.97 Å². The Labute approximate surface area is 140 Å². The van der Waals surface area contributed by atoms with Crippen LogP contribution in [0.2, 0.25) is 0 Å². The number of rotatable bonds is 5. The first-order chi connectivity index (χ1) is 11.0. The summed E-state index contributed by atoms with van der Waals surface area (Å²) < 4.78 is 5.85. The number of methoxy groups -OCH3 is 1. The van der Waals surface area contributed by atoms with E-state index in [1.54, 1.807) is 30.3 Å². The van der Waals surface area contributed by atoms with Crippen LogP contribution in [0.15, 0.2) is 52.0 Å². The molecule has 0 saturated carbocycles. The zero-order valence-corrected chi connectivity index (χ0v) is 13.7. The summed E-state index contributed by atoms with van der Waals surface area (Å²) in [6.07, 6.45) is 1.36. The van der Waals surface area contributed by atoms with E-state index < -0.39 is 5.97 Å². The number of halogens is 1. The van der Waals surface area contributed by atoms with Gasteiger partial charge in [0.05, 0.1) is 13.3 Å². The minimum absolute atomic E-state index is 0.0238. The van der Waals surface area contributed by atoms with Crippen LogP contribution >= 0.6 is 15.9 Å². The van der Waals surface area contributed by atoms with Crippen LogP contribution in [0.4, 0.5) is 0 Å². The molecular formula is C16H13BrN2O4. The normalized spacial score (nSPS) is 10.5. The molecule has 0 unspecified atom stereocenters. The molecule has 0 saturated heterocycles. The van der Waals surface area contributed by atoms with Gasteiger partial charge in [0.15, 0.2) is 0 Å². The molecule has 2 rings (SSSR count). The van der Waals surface area contributed by atoms with Crippen molar-refractivity contribution in [1.82, 2.24) is 5.43 Å². The number of amides is 1. The average Bonchev–Trinajstić information content (AvgIpc) is 2.55. The maximum Gasteiger partial charge on any atom is 0.339 e. The number of aromatic carboxylic acids is 1. The van der Waals surface area contributed by atoms with Gasteiger partial charge in [-0.3, -0.25) is 4.79 Å². The van der Waals surface area contributed by atoms with Gasteiger partial charge < -0.3 is 9.84 Å². The summed E-state index contributed by atoms with van der Waals surface area (Å²) in [4.78, 5) is 23.0. The molecule has 0 aromatic heterocycles. The Morgan fingerprint density at radius 3 is 2.52 bits per heavy atom. The van der Waals surface area contributed by atoms with E-state index in [1.165, 1.54) is 25.5 Å². The third kappa shape index (κ3) is 4.40. The van der Waals surface area contributed by atoms with Crippen molar-refractivity contribution in [3.8, 4) is 5.75 Å². The number of nitrogens with zero attached hydrogens (tertiary/aromatic N) is 1. The van der Waals surface area contributed by atoms with Gasteiger partial charge in [-0.1, -0.05) is 15.9 Å². The Morgan fingerprint density at radius 1 is 1.22 bits per heavy atom. The minimum Gasteiger partial charge on any atom is -0.496 e. The summed E-state index contributed by atoms with van der Waals surface area (Å²) in [7, 11) is 1.40. The van der Waals surface area contributed by atoms with Crippen LogP contribution in [0.5, 0.6) is 5.75 Å². The van der Waals surface area contributed by atoms with Gasteiger partial charge in [-0.05, 0) is 48.0 Å². The third-order valence-corrected chi connectivity index (χ3v) is 3.47. The number of hydrogen-bond donors (Lipinski definition) is 2. The molecule has 118 valence electrons. The van der Waals surface area contributed by atoms with E-state index in [1.807, 2.05) is 0 Å². The first kappa shape index (κ1) is 16.7. The molecule has 0 fully saturated rings. The largest absolute Gasteiger partial charge is 0.496 e. The quantitative estimate of drug-likeness (QED) is 0.620. The van der Waals surface area contributed by atoms with Crippen LogP contribution in [0, 0.1) is 0 Å². The second-order valence-electron chi connectivity index (χ2n) is 4.47. The van der Waals surface area contributed by atoms with Crippen molar-refractivity contribution < 1.29 is 19.4 Å². The highest BCUT2D eigenvalue weighted by Crippen LogP contribution is 2.19. The van der Waals surface area contributed by atoms with Crippen LogP contribution in [-0.4, -0.2) is 30.3 Å². The second kappa shape index (κ2) is 7.55. The highest BCUT2D eigenvalue weighted by Gasteiger charge is 2.11. The Kier molecular flexibility index (Phi) is 5.48. The Balaban J connectivity index is 2.08. The van der Waals surface area contributed by atoms with Gasteiger partial charge in [-0.25, -0.2) is 10.2 Å². The molecule has 2 aromatic carbocycles. The lowest BCUT2D eigenvalue weighted by Gasteiger charge is -2.05. The van der Waals surface area contributed by atoms with Crippen LogP contribution in [0.1, 0.15) is 26.3 Å². The minimum atomic E-state index is -1.10. The van der Waals surface area contributed by atoms with Gasteiger partial charge in [0.25, 0.3) is 5.91 Å². The fraction of sp³-hybridized carbons (Fsp3) is 0.0625. The standard InChI is InChI=1S/C16H13BrN2O4/c1-23-14-7-2-10(8-13(14)16(21)22)9-18-19-15(20)11-3-5-12(17)6-4-11/h2-9H,1H3,(H,19,20)(H,21,22). The molecule has 6 nitrogen and oxygen atoms in total. The number of carbonyl (C=O) groups excluding carboxylic acids is 1. The van der Waals surface area contributed by atoms with Gasteiger partial charge in [0.2, 0.25) is 0 Å². The summed E-state index contributed by atoms with van der Waals surface area (Å²) in [5.41, 5.74) is 3.40. The number of carbonyl (C=O) groups is 2. The molecule has 0 bridgehead atoms. The fourth-order valence-electron chi connectivity index (χ4n) is 1.80. The number of hydrogen-bond acceptors (Lipinski definition) is 4. The third-order valence-electron chi connectivity index (χ3n) is 2.94. The van der Waals surface area contributed by atoms with Crippen LogP contribution in [0.25, 0.3) is 0 Å². The smallest absolute Gasteiger partial charge is 0.339 e. The Bertz CT molecular complexity index is 757. The lowest BCUT2D eigenvalue weighted by molar-refractivity contribution is 0.0693. The molecular weight excluding hydrogens is 364 g/mol. The molecule has 1 amide bonds. The Morgan fingerprint density at radius 2 is 1.91 bits per heavy atom. The Hall–Kier alpha value is -2.67. The molecule has 0 radical (unpaired) electrons. The molecule has 2 N–H and O–H groups in total. The number of benzene rings is 2. The van der Waals surface area contributed by atoms with Crippen LogP contribution in [-0.2, 0) is 0 Å².